The Labute approximate surface area is 144 Å². The molecule has 0 saturated carbocycles. The molecule has 0 bridgehead atoms. The molecule has 0 heterocycles. The van der Waals surface area contributed by atoms with Crippen molar-refractivity contribution >= 4 is 34.0 Å². The van der Waals surface area contributed by atoms with Crippen molar-refractivity contribution in [2.24, 2.45) is 5.10 Å². The van der Waals surface area contributed by atoms with Crippen molar-refractivity contribution in [1.82, 2.24) is 5.43 Å². The molecule has 0 radical (unpaired) electrons. The first-order valence-corrected chi connectivity index (χ1v) is 8.19. The molecule has 0 unspecified atom stereocenters. The van der Waals surface area contributed by atoms with Gasteiger partial charge in [0.2, 0.25) is 5.91 Å². The molecule has 0 aliphatic rings. The van der Waals surface area contributed by atoms with Crippen LogP contribution >= 0.6 is 15.9 Å². The van der Waals surface area contributed by atoms with E-state index in [4.69, 9.17) is 9.84 Å². The minimum Gasteiger partial charge on any atom is -0.497 e. The third-order valence-corrected chi connectivity index (χ3v) is 3.86. The molecule has 126 valence electrons. The summed E-state index contributed by atoms with van der Waals surface area (Å²) >= 11 is 3.40. The number of hydrogen-bond acceptors (Lipinski definition) is 4. The number of hydrogen-bond donors (Lipinski definition) is 2. The van der Waals surface area contributed by atoms with Crippen molar-refractivity contribution in [2.45, 2.75) is 38.5 Å². The van der Waals surface area contributed by atoms with E-state index in [2.05, 4.69) is 26.5 Å². The summed E-state index contributed by atoms with van der Waals surface area (Å²) in [5, 5.41) is 12.4. The Bertz CT molecular complexity index is 561. The van der Waals surface area contributed by atoms with Crippen LogP contribution in [0.3, 0.4) is 0 Å². The second-order valence-corrected chi connectivity index (χ2v) is 5.84. The first-order valence-electron chi connectivity index (χ1n) is 7.40. The fourth-order valence-corrected chi connectivity index (χ4v) is 2.24. The maximum atomic E-state index is 11.6. The summed E-state index contributed by atoms with van der Waals surface area (Å²) < 4.78 is 5.99. The number of carbonyl (C=O) groups excluding carboxylic acids is 1. The van der Waals surface area contributed by atoms with Crippen molar-refractivity contribution in [1.29, 1.82) is 0 Å². The largest absolute Gasteiger partial charge is 0.497 e. The van der Waals surface area contributed by atoms with Crippen molar-refractivity contribution in [3.8, 4) is 5.75 Å². The van der Waals surface area contributed by atoms with Gasteiger partial charge in [0.05, 0.1) is 13.3 Å². The molecular formula is C16H21BrN2O4. The van der Waals surface area contributed by atoms with Crippen molar-refractivity contribution in [3.63, 3.8) is 0 Å². The quantitative estimate of drug-likeness (QED) is 0.367. The number of carbonyl (C=O) groups is 2. The van der Waals surface area contributed by atoms with E-state index < -0.39 is 5.97 Å². The van der Waals surface area contributed by atoms with E-state index >= 15 is 0 Å². The van der Waals surface area contributed by atoms with Gasteiger partial charge in [-0.2, -0.15) is 5.10 Å². The number of nitrogens with zero attached hydrogens (tertiary/aromatic N) is 1. The van der Waals surface area contributed by atoms with Crippen LogP contribution in [0.25, 0.3) is 0 Å². The molecular weight excluding hydrogens is 364 g/mol. The average Bonchev–Trinajstić information content (AvgIpc) is 2.52. The predicted molar refractivity (Wildman–Crippen MR) is 91.8 cm³/mol. The molecule has 1 amide bonds. The topological polar surface area (TPSA) is 88.0 Å². The van der Waals surface area contributed by atoms with Crippen molar-refractivity contribution in [3.05, 3.63) is 28.2 Å². The molecule has 1 aromatic carbocycles. The van der Waals surface area contributed by atoms with Crippen LogP contribution in [0.1, 0.15) is 44.1 Å². The monoisotopic (exact) mass is 384 g/mol. The van der Waals surface area contributed by atoms with Crippen LogP contribution in [0, 0.1) is 0 Å². The fourth-order valence-electron chi connectivity index (χ4n) is 1.89. The smallest absolute Gasteiger partial charge is 0.303 e. The van der Waals surface area contributed by atoms with Gasteiger partial charge < -0.3 is 9.84 Å². The number of halogens is 1. The van der Waals surface area contributed by atoms with E-state index in [1.165, 1.54) is 0 Å². The highest BCUT2D eigenvalue weighted by Gasteiger charge is 2.02. The number of carboxylic acids is 1. The molecule has 0 aromatic heterocycles. The Kier molecular flexibility index (Phi) is 8.97. The van der Waals surface area contributed by atoms with E-state index in [0.717, 1.165) is 29.3 Å². The lowest BCUT2D eigenvalue weighted by atomic mass is 10.1. The maximum Gasteiger partial charge on any atom is 0.303 e. The first kappa shape index (κ1) is 19.2. The van der Waals surface area contributed by atoms with Crippen molar-refractivity contribution < 1.29 is 19.4 Å². The second-order valence-electron chi connectivity index (χ2n) is 4.99. The van der Waals surface area contributed by atoms with E-state index in [0.29, 0.717) is 18.6 Å². The van der Waals surface area contributed by atoms with Crippen LogP contribution in [0.5, 0.6) is 5.75 Å². The second kappa shape index (κ2) is 10.8. The van der Waals surface area contributed by atoms with Crippen LogP contribution in [0.15, 0.2) is 27.8 Å². The van der Waals surface area contributed by atoms with E-state index in [1.807, 2.05) is 18.2 Å². The standard InChI is InChI=1S/C16H21BrN2O4/c1-23-13-8-9-14(17)12(10-13)11-18-19-15(20)6-4-2-3-5-7-16(21)22/h8-11H,2-7H2,1H3,(H,19,20)(H,21,22)/b18-11+. The highest BCUT2D eigenvalue weighted by molar-refractivity contribution is 9.10. The van der Waals surface area contributed by atoms with E-state index in [9.17, 15) is 9.59 Å². The fraction of sp³-hybridized carbons (Fsp3) is 0.438. The molecule has 0 saturated heterocycles. The Morgan fingerprint density at radius 3 is 2.61 bits per heavy atom. The number of benzene rings is 1. The third kappa shape index (κ3) is 8.35. The number of unbranched alkanes of at least 4 members (excludes halogenated alkanes) is 3. The number of aliphatic carboxylic acids is 1. The number of hydrazone groups is 1. The zero-order valence-corrected chi connectivity index (χ0v) is 14.6. The van der Waals surface area contributed by atoms with Gasteiger partial charge in [-0.1, -0.05) is 28.8 Å². The predicted octanol–water partition coefficient (Wildman–Crippen LogP) is 3.33. The Balaban J connectivity index is 2.26. The highest BCUT2D eigenvalue weighted by atomic mass is 79.9. The Morgan fingerprint density at radius 1 is 1.26 bits per heavy atom. The van der Waals surface area contributed by atoms with Crippen LogP contribution in [0.2, 0.25) is 0 Å². The molecule has 6 nitrogen and oxygen atoms in total. The number of methoxy groups -OCH3 is 1. The van der Waals surface area contributed by atoms with Gasteiger partial charge in [-0.3, -0.25) is 9.59 Å². The Morgan fingerprint density at radius 2 is 1.96 bits per heavy atom. The number of carboxylic acid groups (broad SMARTS) is 1. The lowest BCUT2D eigenvalue weighted by Gasteiger charge is -2.03. The zero-order chi connectivity index (χ0) is 17.1. The van der Waals surface area contributed by atoms with Crippen LogP contribution in [0.4, 0.5) is 0 Å². The molecule has 23 heavy (non-hydrogen) atoms. The molecule has 1 aromatic rings. The van der Waals surface area contributed by atoms with Gasteiger partial charge in [-0.05, 0) is 31.0 Å². The van der Waals surface area contributed by atoms with Gasteiger partial charge in [0.1, 0.15) is 5.75 Å². The van der Waals surface area contributed by atoms with Gasteiger partial charge in [0.25, 0.3) is 0 Å². The van der Waals surface area contributed by atoms with Gasteiger partial charge in [-0.15, -0.1) is 0 Å². The third-order valence-electron chi connectivity index (χ3n) is 3.14. The SMILES string of the molecule is COc1ccc(Br)c(/C=N/NC(=O)CCCCCCC(=O)O)c1. The van der Waals surface area contributed by atoms with Gasteiger partial charge in [-0.25, -0.2) is 5.43 Å². The lowest BCUT2D eigenvalue weighted by Crippen LogP contribution is -2.16. The molecule has 7 heteroatoms. The zero-order valence-electron chi connectivity index (χ0n) is 13.0. The molecule has 0 fully saturated rings. The van der Waals surface area contributed by atoms with Crippen LogP contribution in [-0.2, 0) is 9.59 Å². The maximum absolute atomic E-state index is 11.6. The minimum absolute atomic E-state index is 0.154. The number of ether oxygens (including phenoxy) is 1. The van der Waals surface area contributed by atoms with E-state index in [-0.39, 0.29) is 12.3 Å². The lowest BCUT2D eigenvalue weighted by molar-refractivity contribution is -0.137. The van der Waals surface area contributed by atoms with Gasteiger partial charge in [0, 0.05) is 22.9 Å². The molecule has 0 atom stereocenters. The van der Waals surface area contributed by atoms with Crippen LogP contribution in [-0.4, -0.2) is 30.3 Å². The molecule has 0 spiro atoms. The number of nitrogens with one attached hydrogen (secondary N) is 1. The average molecular weight is 385 g/mol. The number of amides is 1. The summed E-state index contributed by atoms with van der Waals surface area (Å²) in [5.41, 5.74) is 3.28. The summed E-state index contributed by atoms with van der Waals surface area (Å²) in [6, 6.07) is 5.48. The van der Waals surface area contributed by atoms with E-state index in [1.54, 1.807) is 13.3 Å². The highest BCUT2D eigenvalue weighted by Crippen LogP contribution is 2.20. The molecule has 0 aliphatic carbocycles. The summed E-state index contributed by atoms with van der Waals surface area (Å²) in [6.45, 7) is 0. The summed E-state index contributed by atoms with van der Waals surface area (Å²) in [4.78, 5) is 22.0. The van der Waals surface area contributed by atoms with Crippen molar-refractivity contribution in [2.75, 3.05) is 7.11 Å². The van der Waals surface area contributed by atoms with Crippen LogP contribution < -0.4 is 10.2 Å². The van der Waals surface area contributed by atoms with Gasteiger partial charge >= 0.3 is 5.97 Å². The Hall–Kier alpha value is -1.89. The molecule has 2 N–H and O–H groups in total. The first-order chi connectivity index (χ1) is 11.0. The normalized spacial score (nSPS) is 10.7. The minimum atomic E-state index is -0.777. The summed E-state index contributed by atoms with van der Waals surface area (Å²) in [6.07, 6.45) is 5.15. The molecule has 1 rings (SSSR count). The molecule has 0 aliphatic heterocycles. The summed E-state index contributed by atoms with van der Waals surface area (Å²) in [5.74, 6) is -0.221. The number of rotatable bonds is 10. The van der Waals surface area contributed by atoms with Gasteiger partial charge in [0.15, 0.2) is 0 Å². The summed E-state index contributed by atoms with van der Waals surface area (Å²) in [7, 11) is 1.59.